The average molecular weight is 276 g/mol. The van der Waals surface area contributed by atoms with Crippen molar-refractivity contribution in [2.45, 2.75) is 19.0 Å². The third-order valence-electron chi connectivity index (χ3n) is 4.40. The number of nitrogens with zero attached hydrogens (tertiary/aromatic N) is 2. The van der Waals surface area contributed by atoms with Gasteiger partial charge in [-0.25, -0.2) is 0 Å². The van der Waals surface area contributed by atoms with Crippen LogP contribution in [-0.4, -0.2) is 62.3 Å². The summed E-state index contributed by atoms with van der Waals surface area (Å²) in [7, 11) is 1.75. The Morgan fingerprint density at radius 3 is 2.80 bits per heavy atom. The van der Waals surface area contributed by atoms with Crippen molar-refractivity contribution in [3.63, 3.8) is 0 Å². The lowest BCUT2D eigenvalue weighted by molar-refractivity contribution is 0.0183. The van der Waals surface area contributed by atoms with Crippen molar-refractivity contribution in [1.82, 2.24) is 9.80 Å². The van der Waals surface area contributed by atoms with Crippen LogP contribution in [0.25, 0.3) is 0 Å². The smallest absolute Gasteiger partial charge is 0.123 e. The van der Waals surface area contributed by atoms with Gasteiger partial charge in [0.1, 0.15) is 5.75 Å². The fourth-order valence-electron chi connectivity index (χ4n) is 3.27. The Morgan fingerprint density at radius 1 is 1.20 bits per heavy atom. The Labute approximate surface area is 121 Å². The molecule has 0 aliphatic carbocycles. The molecule has 0 radical (unpaired) electrons. The molecule has 2 fully saturated rings. The number of methoxy groups -OCH3 is 1. The minimum Gasteiger partial charge on any atom is -0.496 e. The normalized spacial score (nSPS) is 24.9. The quantitative estimate of drug-likeness (QED) is 0.834. The second-order valence-electron chi connectivity index (χ2n) is 5.64. The Balaban J connectivity index is 1.57. The molecule has 2 aliphatic heterocycles. The van der Waals surface area contributed by atoms with E-state index in [-0.39, 0.29) is 0 Å². The molecule has 1 unspecified atom stereocenters. The van der Waals surface area contributed by atoms with E-state index >= 15 is 0 Å². The number of hydrogen-bond acceptors (Lipinski definition) is 4. The first-order valence-corrected chi connectivity index (χ1v) is 7.53. The van der Waals surface area contributed by atoms with Crippen LogP contribution in [0.3, 0.4) is 0 Å². The van der Waals surface area contributed by atoms with E-state index in [1.165, 1.54) is 18.5 Å². The van der Waals surface area contributed by atoms with E-state index in [0.717, 1.165) is 45.1 Å². The van der Waals surface area contributed by atoms with E-state index in [1.807, 2.05) is 12.1 Å². The number of rotatable bonds is 4. The fraction of sp³-hybridized carbons (Fsp3) is 0.625. The van der Waals surface area contributed by atoms with Crippen molar-refractivity contribution in [2.24, 2.45) is 0 Å². The lowest BCUT2D eigenvalue weighted by Crippen LogP contribution is -2.44. The predicted octanol–water partition coefficient (Wildman–Crippen LogP) is 1.60. The van der Waals surface area contributed by atoms with Crippen molar-refractivity contribution in [3.05, 3.63) is 29.8 Å². The minimum absolute atomic E-state index is 0.702. The van der Waals surface area contributed by atoms with Crippen molar-refractivity contribution >= 4 is 0 Å². The molecule has 0 aromatic heterocycles. The molecular weight excluding hydrogens is 252 g/mol. The van der Waals surface area contributed by atoms with E-state index in [1.54, 1.807) is 7.11 Å². The highest BCUT2D eigenvalue weighted by Crippen LogP contribution is 2.23. The summed E-state index contributed by atoms with van der Waals surface area (Å²) in [6, 6.07) is 9.04. The SMILES string of the molecule is COc1ccccc1CN1CCC(N2CCOCC2)C1. The van der Waals surface area contributed by atoms with Gasteiger partial charge in [0, 0.05) is 44.3 Å². The summed E-state index contributed by atoms with van der Waals surface area (Å²) in [4.78, 5) is 5.13. The van der Waals surface area contributed by atoms with Crippen LogP contribution in [-0.2, 0) is 11.3 Å². The maximum Gasteiger partial charge on any atom is 0.123 e. The van der Waals surface area contributed by atoms with Gasteiger partial charge in [-0.15, -0.1) is 0 Å². The van der Waals surface area contributed by atoms with Crippen LogP contribution in [0.1, 0.15) is 12.0 Å². The van der Waals surface area contributed by atoms with Gasteiger partial charge in [-0.3, -0.25) is 9.80 Å². The zero-order valence-corrected chi connectivity index (χ0v) is 12.3. The van der Waals surface area contributed by atoms with Crippen LogP contribution in [0, 0.1) is 0 Å². The van der Waals surface area contributed by atoms with Gasteiger partial charge in [0.15, 0.2) is 0 Å². The molecule has 0 spiro atoms. The molecule has 2 heterocycles. The molecule has 110 valence electrons. The van der Waals surface area contributed by atoms with Gasteiger partial charge in [-0.2, -0.15) is 0 Å². The first-order chi connectivity index (χ1) is 9.86. The number of ether oxygens (including phenoxy) is 2. The van der Waals surface area contributed by atoms with E-state index in [4.69, 9.17) is 9.47 Å². The summed E-state index contributed by atoms with van der Waals surface area (Å²) in [5, 5.41) is 0. The minimum atomic E-state index is 0.702. The summed E-state index contributed by atoms with van der Waals surface area (Å²) < 4.78 is 10.9. The number of para-hydroxylation sites is 1. The summed E-state index contributed by atoms with van der Waals surface area (Å²) in [5.74, 6) is 1.00. The molecule has 0 N–H and O–H groups in total. The third-order valence-corrected chi connectivity index (χ3v) is 4.40. The topological polar surface area (TPSA) is 24.9 Å². The summed E-state index contributed by atoms with van der Waals surface area (Å²) in [5.41, 5.74) is 1.29. The van der Waals surface area contributed by atoms with Gasteiger partial charge in [0.05, 0.1) is 20.3 Å². The number of benzene rings is 1. The molecule has 1 atom stereocenters. The maximum atomic E-state index is 5.45. The van der Waals surface area contributed by atoms with Gasteiger partial charge < -0.3 is 9.47 Å². The molecular formula is C16H24N2O2. The van der Waals surface area contributed by atoms with E-state index in [2.05, 4.69) is 21.9 Å². The summed E-state index contributed by atoms with van der Waals surface area (Å²) in [6.45, 7) is 7.30. The van der Waals surface area contributed by atoms with Gasteiger partial charge >= 0.3 is 0 Å². The maximum absolute atomic E-state index is 5.45. The van der Waals surface area contributed by atoms with Crippen molar-refractivity contribution in [1.29, 1.82) is 0 Å². The molecule has 4 nitrogen and oxygen atoms in total. The Kier molecular flexibility index (Phi) is 4.55. The van der Waals surface area contributed by atoms with E-state index in [0.29, 0.717) is 6.04 Å². The zero-order valence-electron chi connectivity index (χ0n) is 12.3. The Morgan fingerprint density at radius 2 is 2.00 bits per heavy atom. The molecule has 0 amide bonds. The largest absolute Gasteiger partial charge is 0.496 e. The second kappa shape index (κ2) is 6.57. The van der Waals surface area contributed by atoms with E-state index in [9.17, 15) is 0 Å². The molecule has 2 aliphatic rings. The van der Waals surface area contributed by atoms with Crippen LogP contribution in [0.4, 0.5) is 0 Å². The predicted molar refractivity (Wildman–Crippen MR) is 79.1 cm³/mol. The van der Waals surface area contributed by atoms with E-state index < -0.39 is 0 Å². The first kappa shape index (κ1) is 13.9. The highest BCUT2D eigenvalue weighted by Gasteiger charge is 2.28. The van der Waals surface area contributed by atoms with Crippen LogP contribution in [0.15, 0.2) is 24.3 Å². The molecule has 20 heavy (non-hydrogen) atoms. The zero-order chi connectivity index (χ0) is 13.8. The molecule has 4 heteroatoms. The van der Waals surface area contributed by atoms with Crippen molar-refractivity contribution < 1.29 is 9.47 Å². The highest BCUT2D eigenvalue weighted by atomic mass is 16.5. The van der Waals surface area contributed by atoms with Crippen molar-refractivity contribution in [2.75, 3.05) is 46.5 Å². The standard InChI is InChI=1S/C16H24N2O2/c1-19-16-5-3-2-4-14(16)12-17-7-6-15(13-17)18-8-10-20-11-9-18/h2-5,15H,6-13H2,1H3. The molecule has 1 aromatic rings. The third kappa shape index (κ3) is 3.14. The van der Waals surface area contributed by atoms with Gasteiger partial charge in [-0.05, 0) is 12.5 Å². The van der Waals surface area contributed by atoms with Crippen LogP contribution in [0.2, 0.25) is 0 Å². The summed E-state index contributed by atoms with van der Waals surface area (Å²) in [6.07, 6.45) is 1.27. The average Bonchev–Trinajstić information content (AvgIpc) is 2.97. The van der Waals surface area contributed by atoms with Gasteiger partial charge in [-0.1, -0.05) is 18.2 Å². The van der Waals surface area contributed by atoms with Gasteiger partial charge in [0.2, 0.25) is 0 Å². The fourth-order valence-corrected chi connectivity index (χ4v) is 3.27. The Hall–Kier alpha value is -1.10. The number of hydrogen-bond donors (Lipinski definition) is 0. The lowest BCUT2D eigenvalue weighted by Gasteiger charge is -2.32. The van der Waals surface area contributed by atoms with Gasteiger partial charge in [0.25, 0.3) is 0 Å². The molecule has 3 rings (SSSR count). The monoisotopic (exact) mass is 276 g/mol. The lowest BCUT2D eigenvalue weighted by atomic mass is 10.2. The molecule has 0 saturated carbocycles. The highest BCUT2D eigenvalue weighted by molar-refractivity contribution is 5.33. The first-order valence-electron chi connectivity index (χ1n) is 7.53. The van der Waals surface area contributed by atoms with Crippen LogP contribution < -0.4 is 4.74 Å². The van der Waals surface area contributed by atoms with Crippen LogP contribution >= 0.6 is 0 Å². The molecule has 0 bridgehead atoms. The number of morpholine rings is 1. The second-order valence-corrected chi connectivity index (χ2v) is 5.64. The Bertz CT molecular complexity index is 432. The van der Waals surface area contributed by atoms with Crippen molar-refractivity contribution in [3.8, 4) is 5.75 Å². The molecule has 2 saturated heterocycles. The number of likely N-dealkylation sites (tertiary alicyclic amines) is 1. The van der Waals surface area contributed by atoms with Crippen LogP contribution in [0.5, 0.6) is 5.75 Å². The summed E-state index contributed by atoms with van der Waals surface area (Å²) >= 11 is 0. The molecule has 1 aromatic carbocycles.